The van der Waals surface area contributed by atoms with E-state index in [1.807, 2.05) is 20.2 Å². The van der Waals surface area contributed by atoms with Gasteiger partial charge in [0.15, 0.2) is 11.4 Å². The quantitative estimate of drug-likeness (QED) is 0.849. The number of hydrogen-bond donors (Lipinski definition) is 1. The molecular formula is C17H25N7O2. The second kappa shape index (κ2) is 6.89. The number of fused-ring (bicyclic) bond motifs is 1. The van der Waals surface area contributed by atoms with Crippen molar-refractivity contribution in [2.24, 2.45) is 13.0 Å². The van der Waals surface area contributed by atoms with Crippen LogP contribution < -0.4 is 5.32 Å². The maximum Gasteiger partial charge on any atom is 0.276 e. The first-order valence-corrected chi connectivity index (χ1v) is 8.75. The van der Waals surface area contributed by atoms with E-state index in [1.54, 1.807) is 16.4 Å². The lowest BCUT2D eigenvalue weighted by atomic mass is 10.0. The third-order valence-electron chi connectivity index (χ3n) is 4.51. The van der Waals surface area contributed by atoms with Gasteiger partial charge in [-0.15, -0.1) is 5.10 Å². The van der Waals surface area contributed by atoms with Crippen molar-refractivity contribution in [2.45, 2.75) is 46.3 Å². The Bertz CT molecular complexity index is 836. The molecule has 2 aromatic rings. The number of nitrogens with zero attached hydrogens (tertiary/aromatic N) is 6. The van der Waals surface area contributed by atoms with Gasteiger partial charge in [-0.05, 0) is 19.3 Å². The summed E-state index contributed by atoms with van der Waals surface area (Å²) in [4.78, 5) is 26.8. The highest BCUT2D eigenvalue weighted by Crippen LogP contribution is 2.18. The van der Waals surface area contributed by atoms with Gasteiger partial charge in [0.2, 0.25) is 0 Å². The van der Waals surface area contributed by atoms with Crippen LogP contribution in [0.25, 0.3) is 0 Å². The molecule has 2 aromatic heterocycles. The average Bonchev–Trinajstić information content (AvgIpc) is 3.09. The van der Waals surface area contributed by atoms with E-state index in [4.69, 9.17) is 0 Å². The van der Waals surface area contributed by atoms with Gasteiger partial charge < -0.3 is 10.2 Å². The zero-order chi connectivity index (χ0) is 19.0. The number of nitrogens with one attached hydrogen (secondary N) is 1. The number of aryl methyl sites for hydroxylation is 2. The van der Waals surface area contributed by atoms with Crippen LogP contribution in [0.15, 0.2) is 6.20 Å². The molecule has 1 aliphatic heterocycles. The van der Waals surface area contributed by atoms with Crippen molar-refractivity contribution >= 4 is 11.8 Å². The molecular weight excluding hydrogens is 334 g/mol. The Hall–Kier alpha value is -2.71. The SMILES string of the molecule is Cc1nn(C)cc1CN(C)C(=O)c1nnn2c1C(=O)N[C@@H](CC(C)C)C2. The molecule has 3 heterocycles. The van der Waals surface area contributed by atoms with Crippen LogP contribution in [0.1, 0.15) is 52.5 Å². The van der Waals surface area contributed by atoms with Gasteiger partial charge in [-0.25, -0.2) is 4.68 Å². The predicted molar refractivity (Wildman–Crippen MR) is 94.5 cm³/mol. The summed E-state index contributed by atoms with van der Waals surface area (Å²) in [5.41, 5.74) is 2.15. The van der Waals surface area contributed by atoms with Crippen molar-refractivity contribution in [3.8, 4) is 0 Å². The number of carbonyl (C=O) groups is 2. The molecule has 0 spiro atoms. The fraction of sp³-hybridized carbons (Fsp3) is 0.588. The van der Waals surface area contributed by atoms with E-state index in [0.717, 1.165) is 17.7 Å². The standard InChI is InChI=1S/C17H25N7O2/c1-10(2)6-13-9-24-15(16(25)18-13)14(19-21-24)17(26)22(4)7-12-8-23(5)20-11(12)3/h8,10,13H,6-7,9H2,1-5H3,(H,18,25)/t13-/m0/s1. The van der Waals surface area contributed by atoms with Gasteiger partial charge in [-0.2, -0.15) is 5.10 Å². The van der Waals surface area contributed by atoms with Crippen LogP contribution >= 0.6 is 0 Å². The molecule has 0 fully saturated rings. The fourth-order valence-electron chi connectivity index (χ4n) is 3.33. The zero-order valence-electron chi connectivity index (χ0n) is 15.9. The van der Waals surface area contributed by atoms with Crippen LogP contribution in [0.5, 0.6) is 0 Å². The van der Waals surface area contributed by atoms with Crippen molar-refractivity contribution in [3.63, 3.8) is 0 Å². The van der Waals surface area contributed by atoms with E-state index >= 15 is 0 Å². The summed E-state index contributed by atoms with van der Waals surface area (Å²) in [5.74, 6) is -0.159. The maximum atomic E-state index is 12.8. The van der Waals surface area contributed by atoms with E-state index in [1.165, 1.54) is 4.90 Å². The molecule has 3 rings (SSSR count). The molecule has 26 heavy (non-hydrogen) atoms. The number of aromatic nitrogens is 5. The molecule has 0 unspecified atom stereocenters. The van der Waals surface area contributed by atoms with Gasteiger partial charge in [-0.3, -0.25) is 14.3 Å². The van der Waals surface area contributed by atoms with Crippen molar-refractivity contribution < 1.29 is 9.59 Å². The van der Waals surface area contributed by atoms with E-state index in [2.05, 4.69) is 34.6 Å². The highest BCUT2D eigenvalue weighted by atomic mass is 16.2. The molecule has 0 saturated carbocycles. The first-order valence-electron chi connectivity index (χ1n) is 8.75. The highest BCUT2D eigenvalue weighted by Gasteiger charge is 2.33. The first kappa shape index (κ1) is 18.1. The Morgan fingerprint density at radius 1 is 1.46 bits per heavy atom. The Balaban J connectivity index is 1.78. The zero-order valence-corrected chi connectivity index (χ0v) is 15.9. The molecule has 1 N–H and O–H groups in total. The van der Waals surface area contributed by atoms with E-state index in [0.29, 0.717) is 19.0 Å². The number of carbonyl (C=O) groups excluding carboxylic acids is 2. The van der Waals surface area contributed by atoms with E-state index in [9.17, 15) is 9.59 Å². The lowest BCUT2D eigenvalue weighted by Crippen LogP contribution is -2.46. The lowest BCUT2D eigenvalue weighted by molar-refractivity contribution is 0.0766. The van der Waals surface area contributed by atoms with Gasteiger partial charge in [0.1, 0.15) is 0 Å². The van der Waals surface area contributed by atoms with Crippen LogP contribution in [0.3, 0.4) is 0 Å². The van der Waals surface area contributed by atoms with Crippen LogP contribution in [-0.4, -0.2) is 54.6 Å². The summed E-state index contributed by atoms with van der Waals surface area (Å²) >= 11 is 0. The Morgan fingerprint density at radius 2 is 2.19 bits per heavy atom. The molecule has 0 bridgehead atoms. The fourth-order valence-corrected chi connectivity index (χ4v) is 3.33. The summed E-state index contributed by atoms with van der Waals surface area (Å²) in [7, 11) is 3.52. The van der Waals surface area contributed by atoms with Crippen molar-refractivity contribution in [1.82, 2.24) is 35.0 Å². The first-order chi connectivity index (χ1) is 12.3. The number of amides is 2. The lowest BCUT2D eigenvalue weighted by Gasteiger charge is -2.26. The number of hydrogen-bond acceptors (Lipinski definition) is 5. The predicted octanol–water partition coefficient (Wildman–Crippen LogP) is 0.750. The molecule has 9 nitrogen and oxygen atoms in total. The Labute approximate surface area is 152 Å². The summed E-state index contributed by atoms with van der Waals surface area (Å²) < 4.78 is 3.26. The van der Waals surface area contributed by atoms with Crippen LogP contribution in [-0.2, 0) is 20.1 Å². The Kier molecular flexibility index (Phi) is 4.80. The summed E-state index contributed by atoms with van der Waals surface area (Å²) in [6.07, 6.45) is 2.73. The highest BCUT2D eigenvalue weighted by molar-refractivity contribution is 6.05. The van der Waals surface area contributed by atoms with Crippen LogP contribution in [0, 0.1) is 12.8 Å². The monoisotopic (exact) mass is 359 g/mol. The maximum absolute atomic E-state index is 12.8. The van der Waals surface area contributed by atoms with E-state index in [-0.39, 0.29) is 29.2 Å². The summed E-state index contributed by atoms with van der Waals surface area (Å²) in [5, 5.41) is 15.3. The molecule has 0 radical (unpaired) electrons. The second-order valence-electron chi connectivity index (χ2n) is 7.34. The van der Waals surface area contributed by atoms with Gasteiger partial charge in [0.05, 0.1) is 12.2 Å². The average molecular weight is 359 g/mol. The molecule has 0 saturated heterocycles. The summed E-state index contributed by atoms with van der Waals surface area (Å²) in [6.45, 7) is 7.03. The third-order valence-corrected chi connectivity index (χ3v) is 4.51. The van der Waals surface area contributed by atoms with Crippen LogP contribution in [0.4, 0.5) is 0 Å². The molecule has 140 valence electrons. The summed E-state index contributed by atoms with van der Waals surface area (Å²) in [6, 6.07) is 0.00965. The van der Waals surface area contributed by atoms with E-state index < -0.39 is 0 Å². The third kappa shape index (κ3) is 3.47. The molecule has 9 heteroatoms. The molecule has 0 aromatic carbocycles. The topological polar surface area (TPSA) is 97.9 Å². The Morgan fingerprint density at radius 3 is 2.81 bits per heavy atom. The minimum atomic E-state index is -0.327. The largest absolute Gasteiger partial charge is 0.346 e. The smallest absolute Gasteiger partial charge is 0.276 e. The van der Waals surface area contributed by atoms with Crippen LogP contribution in [0.2, 0.25) is 0 Å². The molecule has 1 aliphatic rings. The normalized spacial score (nSPS) is 16.5. The van der Waals surface area contributed by atoms with Gasteiger partial charge >= 0.3 is 0 Å². The van der Waals surface area contributed by atoms with Crippen molar-refractivity contribution in [3.05, 3.63) is 28.8 Å². The molecule has 2 amide bonds. The van der Waals surface area contributed by atoms with Gasteiger partial charge in [0, 0.05) is 38.4 Å². The van der Waals surface area contributed by atoms with Gasteiger partial charge in [-0.1, -0.05) is 19.1 Å². The van der Waals surface area contributed by atoms with Crippen molar-refractivity contribution in [2.75, 3.05) is 7.05 Å². The second-order valence-corrected chi connectivity index (χ2v) is 7.34. The number of rotatable bonds is 5. The molecule has 1 atom stereocenters. The van der Waals surface area contributed by atoms with Gasteiger partial charge in [0.25, 0.3) is 11.8 Å². The molecule has 0 aliphatic carbocycles. The minimum absolute atomic E-state index is 0.00965. The van der Waals surface area contributed by atoms with Crippen molar-refractivity contribution in [1.29, 1.82) is 0 Å². The minimum Gasteiger partial charge on any atom is -0.346 e.